The van der Waals surface area contributed by atoms with E-state index in [0.717, 1.165) is 0 Å². The smallest absolute Gasteiger partial charge is 0.254 e. The summed E-state index contributed by atoms with van der Waals surface area (Å²) in [5, 5.41) is 8.59. The summed E-state index contributed by atoms with van der Waals surface area (Å²) in [6, 6.07) is 9.11. The van der Waals surface area contributed by atoms with Crippen molar-refractivity contribution in [1.82, 2.24) is 4.90 Å². The third-order valence-corrected chi connectivity index (χ3v) is 2.89. The highest BCUT2D eigenvalue weighted by Crippen LogP contribution is 2.16. The Morgan fingerprint density at radius 3 is 2.75 bits per heavy atom. The highest BCUT2D eigenvalue weighted by molar-refractivity contribution is 7.80. The van der Waals surface area contributed by atoms with Crippen molar-refractivity contribution in [2.75, 3.05) is 7.05 Å². The Kier molecular flexibility index (Phi) is 4.39. The maximum atomic E-state index is 12.0. The van der Waals surface area contributed by atoms with Crippen molar-refractivity contribution in [3.63, 3.8) is 0 Å². The molecule has 0 aliphatic carbocycles. The lowest BCUT2D eigenvalue weighted by molar-refractivity contribution is 0.0743. The third kappa shape index (κ3) is 2.77. The van der Waals surface area contributed by atoms with Gasteiger partial charge in [0.1, 0.15) is 0 Å². The first kappa shape index (κ1) is 12.6. The van der Waals surface area contributed by atoms with Crippen LogP contribution in [0.15, 0.2) is 29.2 Å². The molecule has 3 nitrogen and oxygen atoms in total. The van der Waals surface area contributed by atoms with E-state index in [9.17, 15) is 4.79 Å². The van der Waals surface area contributed by atoms with Gasteiger partial charge in [0.05, 0.1) is 18.1 Å². The average Bonchev–Trinajstić information content (AvgIpc) is 2.28. The molecule has 0 saturated carbocycles. The summed E-state index contributed by atoms with van der Waals surface area (Å²) < 4.78 is 0. The van der Waals surface area contributed by atoms with E-state index in [0.29, 0.717) is 16.9 Å². The Bertz CT molecular complexity index is 425. The van der Waals surface area contributed by atoms with Crippen molar-refractivity contribution in [2.45, 2.75) is 24.3 Å². The zero-order valence-electron chi connectivity index (χ0n) is 9.34. The topological polar surface area (TPSA) is 44.1 Å². The number of nitrogens with zero attached hydrogens (tertiary/aromatic N) is 2. The van der Waals surface area contributed by atoms with E-state index in [-0.39, 0.29) is 11.9 Å². The van der Waals surface area contributed by atoms with Gasteiger partial charge in [0.25, 0.3) is 5.91 Å². The number of rotatable bonds is 3. The maximum Gasteiger partial charge on any atom is 0.254 e. The number of carbonyl (C=O) groups is 1. The standard InChI is InChI=1S/C12H14N2OS/c1-9(7-8-13)14(2)12(15)10-5-3-4-6-11(10)16/h3-6,9,16H,7H2,1-2H3. The summed E-state index contributed by atoms with van der Waals surface area (Å²) in [5.41, 5.74) is 0.568. The molecule has 0 N–H and O–H groups in total. The van der Waals surface area contributed by atoms with E-state index < -0.39 is 0 Å². The van der Waals surface area contributed by atoms with Crippen molar-refractivity contribution >= 4 is 18.5 Å². The van der Waals surface area contributed by atoms with Crippen LogP contribution in [0.25, 0.3) is 0 Å². The van der Waals surface area contributed by atoms with Gasteiger partial charge in [0, 0.05) is 18.0 Å². The molecule has 0 radical (unpaired) electrons. The monoisotopic (exact) mass is 234 g/mol. The zero-order chi connectivity index (χ0) is 12.1. The maximum absolute atomic E-state index is 12.0. The first-order valence-corrected chi connectivity index (χ1v) is 5.44. The highest BCUT2D eigenvalue weighted by atomic mass is 32.1. The predicted molar refractivity (Wildman–Crippen MR) is 65.5 cm³/mol. The number of nitriles is 1. The lowest BCUT2D eigenvalue weighted by Crippen LogP contribution is -2.35. The normalized spacial score (nSPS) is 11.6. The molecule has 0 bridgehead atoms. The van der Waals surface area contributed by atoms with E-state index in [1.54, 1.807) is 30.1 Å². The molecule has 0 fully saturated rings. The lowest BCUT2D eigenvalue weighted by atomic mass is 10.1. The number of thiol groups is 1. The minimum atomic E-state index is -0.103. The van der Waals surface area contributed by atoms with E-state index in [2.05, 4.69) is 18.7 Å². The van der Waals surface area contributed by atoms with Crippen molar-refractivity contribution in [3.05, 3.63) is 29.8 Å². The van der Waals surface area contributed by atoms with Crippen LogP contribution in [0.5, 0.6) is 0 Å². The molecule has 1 aromatic rings. The molecule has 1 unspecified atom stereocenters. The minimum Gasteiger partial charge on any atom is -0.338 e. The van der Waals surface area contributed by atoms with Crippen LogP contribution in [0, 0.1) is 11.3 Å². The fraction of sp³-hybridized carbons (Fsp3) is 0.333. The van der Waals surface area contributed by atoms with Gasteiger partial charge in [0.15, 0.2) is 0 Å². The summed E-state index contributed by atoms with van der Waals surface area (Å²) in [6.07, 6.45) is 0.330. The SMILES string of the molecule is CC(CC#N)N(C)C(=O)c1ccccc1S. The molecule has 0 aliphatic rings. The molecular formula is C12H14N2OS. The number of carbonyl (C=O) groups excluding carboxylic acids is 1. The summed E-state index contributed by atoms with van der Waals surface area (Å²) in [7, 11) is 1.70. The van der Waals surface area contributed by atoms with E-state index in [1.807, 2.05) is 13.0 Å². The van der Waals surface area contributed by atoms with E-state index in [1.165, 1.54) is 0 Å². The second kappa shape index (κ2) is 5.57. The van der Waals surface area contributed by atoms with Gasteiger partial charge in [-0.1, -0.05) is 12.1 Å². The molecule has 0 aliphatic heterocycles. The zero-order valence-corrected chi connectivity index (χ0v) is 10.2. The van der Waals surface area contributed by atoms with E-state index >= 15 is 0 Å². The lowest BCUT2D eigenvalue weighted by Gasteiger charge is -2.23. The second-order valence-electron chi connectivity index (χ2n) is 3.64. The fourth-order valence-corrected chi connectivity index (χ4v) is 1.57. The molecular weight excluding hydrogens is 220 g/mol. The molecule has 0 spiro atoms. The summed E-state index contributed by atoms with van der Waals surface area (Å²) in [6.45, 7) is 1.85. The Morgan fingerprint density at radius 2 is 2.19 bits per heavy atom. The Hall–Kier alpha value is -1.47. The number of benzene rings is 1. The van der Waals surface area contributed by atoms with Crippen LogP contribution >= 0.6 is 12.6 Å². The second-order valence-corrected chi connectivity index (χ2v) is 4.13. The Labute approximate surface area is 101 Å². The third-order valence-electron chi connectivity index (χ3n) is 2.50. The van der Waals surface area contributed by atoms with Crippen LogP contribution in [0.3, 0.4) is 0 Å². The molecule has 1 atom stereocenters. The molecule has 4 heteroatoms. The van der Waals surface area contributed by atoms with Crippen molar-refractivity contribution < 1.29 is 4.79 Å². The van der Waals surface area contributed by atoms with Crippen LogP contribution in [-0.2, 0) is 0 Å². The van der Waals surface area contributed by atoms with Gasteiger partial charge >= 0.3 is 0 Å². The molecule has 1 aromatic carbocycles. The van der Waals surface area contributed by atoms with Gasteiger partial charge in [-0.2, -0.15) is 5.26 Å². The van der Waals surface area contributed by atoms with Crippen molar-refractivity contribution in [3.8, 4) is 6.07 Å². The molecule has 1 rings (SSSR count). The molecule has 1 amide bonds. The van der Waals surface area contributed by atoms with Crippen molar-refractivity contribution in [1.29, 1.82) is 5.26 Å². The number of hydrogen-bond donors (Lipinski definition) is 1. The number of amides is 1. The van der Waals surface area contributed by atoms with Gasteiger partial charge in [-0.05, 0) is 19.1 Å². The summed E-state index contributed by atoms with van der Waals surface area (Å²) in [4.78, 5) is 14.3. The molecule has 0 heterocycles. The van der Waals surface area contributed by atoms with Gasteiger partial charge in [-0.15, -0.1) is 12.6 Å². The molecule has 0 saturated heterocycles. The average molecular weight is 234 g/mol. The first-order valence-electron chi connectivity index (χ1n) is 5.00. The highest BCUT2D eigenvalue weighted by Gasteiger charge is 2.18. The van der Waals surface area contributed by atoms with Gasteiger partial charge in [-0.25, -0.2) is 0 Å². The first-order chi connectivity index (χ1) is 7.57. The Balaban J connectivity index is 2.87. The Morgan fingerprint density at radius 1 is 1.56 bits per heavy atom. The van der Waals surface area contributed by atoms with E-state index in [4.69, 9.17) is 5.26 Å². The quantitative estimate of drug-likeness (QED) is 0.816. The van der Waals surface area contributed by atoms with Crippen LogP contribution in [0.2, 0.25) is 0 Å². The van der Waals surface area contributed by atoms with Crippen LogP contribution < -0.4 is 0 Å². The predicted octanol–water partition coefficient (Wildman–Crippen LogP) is 2.35. The van der Waals surface area contributed by atoms with Gasteiger partial charge < -0.3 is 4.90 Å². The number of hydrogen-bond acceptors (Lipinski definition) is 3. The fourth-order valence-electron chi connectivity index (χ4n) is 1.31. The van der Waals surface area contributed by atoms with Gasteiger partial charge in [0.2, 0.25) is 0 Å². The van der Waals surface area contributed by atoms with Gasteiger partial charge in [-0.3, -0.25) is 4.79 Å². The molecule has 16 heavy (non-hydrogen) atoms. The van der Waals surface area contributed by atoms with Crippen LogP contribution in [0.4, 0.5) is 0 Å². The van der Waals surface area contributed by atoms with Crippen LogP contribution in [0.1, 0.15) is 23.7 Å². The largest absolute Gasteiger partial charge is 0.338 e. The molecule has 0 aromatic heterocycles. The minimum absolute atomic E-state index is 0.0922. The van der Waals surface area contributed by atoms with Crippen molar-refractivity contribution in [2.24, 2.45) is 0 Å². The summed E-state index contributed by atoms with van der Waals surface area (Å²) >= 11 is 4.24. The summed E-state index contributed by atoms with van der Waals surface area (Å²) in [5.74, 6) is -0.103. The molecule has 84 valence electrons. The van der Waals surface area contributed by atoms with Crippen LogP contribution in [-0.4, -0.2) is 23.9 Å².